The van der Waals surface area contributed by atoms with Gasteiger partial charge in [0.05, 0.1) is 6.04 Å². The second kappa shape index (κ2) is 6.80. The van der Waals surface area contributed by atoms with Crippen molar-refractivity contribution in [2.75, 3.05) is 11.9 Å². The molecule has 1 atom stereocenters. The number of carbonyl (C=O) groups excluding carboxylic acids is 2. The van der Waals surface area contributed by atoms with E-state index < -0.39 is 17.7 Å². The van der Waals surface area contributed by atoms with Gasteiger partial charge in [0.25, 0.3) is 5.91 Å². The molecule has 1 unspecified atom stereocenters. The number of rotatable bonds is 7. The average Bonchev–Trinajstić information content (AvgIpc) is 2.80. The average molecular weight is 239 g/mol. The first kappa shape index (κ1) is 13.4. The van der Waals surface area contributed by atoms with Crippen LogP contribution in [0.3, 0.4) is 0 Å². The lowest BCUT2D eigenvalue weighted by atomic mass is 10.1. The molecule has 17 heavy (non-hydrogen) atoms. The zero-order valence-corrected chi connectivity index (χ0v) is 10.0. The van der Waals surface area contributed by atoms with E-state index in [1.54, 1.807) is 0 Å². The fourth-order valence-corrected chi connectivity index (χ4v) is 1.47. The molecule has 0 saturated heterocycles. The standard InChI is InChI=1S/C11H17N3O3/c1-3-5-8(12-4-2)10(15)11(16)13-9-6-7-17-14-9/h6-8,12H,3-5H2,1-2H3,(H,13,14,16). The molecule has 6 heteroatoms. The molecule has 0 aliphatic carbocycles. The van der Waals surface area contributed by atoms with E-state index in [0.29, 0.717) is 13.0 Å². The molecule has 0 fully saturated rings. The summed E-state index contributed by atoms with van der Waals surface area (Å²) in [6.45, 7) is 4.51. The third-order valence-corrected chi connectivity index (χ3v) is 2.25. The van der Waals surface area contributed by atoms with Gasteiger partial charge in [0.2, 0.25) is 5.78 Å². The first-order valence-corrected chi connectivity index (χ1v) is 5.68. The molecule has 0 bridgehead atoms. The summed E-state index contributed by atoms with van der Waals surface area (Å²) in [5, 5.41) is 8.89. The molecule has 1 amide bonds. The summed E-state index contributed by atoms with van der Waals surface area (Å²) in [7, 11) is 0. The van der Waals surface area contributed by atoms with Crippen molar-refractivity contribution in [2.24, 2.45) is 0 Å². The molecule has 0 radical (unpaired) electrons. The van der Waals surface area contributed by atoms with Crippen LogP contribution in [0.15, 0.2) is 16.9 Å². The Balaban J connectivity index is 2.57. The van der Waals surface area contributed by atoms with Crippen molar-refractivity contribution in [3.63, 3.8) is 0 Å². The summed E-state index contributed by atoms with van der Waals surface area (Å²) in [4.78, 5) is 23.4. The van der Waals surface area contributed by atoms with Crippen molar-refractivity contribution in [1.82, 2.24) is 10.5 Å². The van der Waals surface area contributed by atoms with Gasteiger partial charge in [0.1, 0.15) is 6.26 Å². The largest absolute Gasteiger partial charge is 0.363 e. The van der Waals surface area contributed by atoms with Crippen LogP contribution in [0.5, 0.6) is 0 Å². The maximum absolute atomic E-state index is 11.8. The summed E-state index contributed by atoms with van der Waals surface area (Å²) in [5.41, 5.74) is 0. The van der Waals surface area contributed by atoms with Gasteiger partial charge in [0, 0.05) is 6.07 Å². The van der Waals surface area contributed by atoms with Crippen LogP contribution in [0, 0.1) is 0 Å². The number of anilines is 1. The van der Waals surface area contributed by atoms with Crippen LogP contribution in [0.2, 0.25) is 0 Å². The zero-order valence-electron chi connectivity index (χ0n) is 10.0. The number of hydrogen-bond donors (Lipinski definition) is 2. The molecule has 0 aliphatic heterocycles. The van der Waals surface area contributed by atoms with Gasteiger partial charge in [-0.05, 0) is 13.0 Å². The van der Waals surface area contributed by atoms with E-state index in [9.17, 15) is 9.59 Å². The Morgan fingerprint density at radius 1 is 1.47 bits per heavy atom. The zero-order chi connectivity index (χ0) is 12.7. The molecular weight excluding hydrogens is 222 g/mol. The lowest BCUT2D eigenvalue weighted by Gasteiger charge is -2.14. The molecule has 1 aromatic rings. The van der Waals surface area contributed by atoms with E-state index >= 15 is 0 Å². The van der Waals surface area contributed by atoms with Crippen molar-refractivity contribution in [1.29, 1.82) is 0 Å². The molecule has 1 rings (SSSR count). The minimum absolute atomic E-state index is 0.245. The van der Waals surface area contributed by atoms with Gasteiger partial charge in [-0.15, -0.1) is 0 Å². The number of amides is 1. The highest BCUT2D eigenvalue weighted by atomic mass is 16.5. The van der Waals surface area contributed by atoms with E-state index in [1.165, 1.54) is 12.3 Å². The van der Waals surface area contributed by atoms with Crippen molar-refractivity contribution in [2.45, 2.75) is 32.7 Å². The second-order valence-corrected chi connectivity index (χ2v) is 3.60. The fourth-order valence-electron chi connectivity index (χ4n) is 1.47. The third-order valence-electron chi connectivity index (χ3n) is 2.25. The number of ketones is 1. The summed E-state index contributed by atoms with van der Waals surface area (Å²) < 4.78 is 4.56. The van der Waals surface area contributed by atoms with Crippen molar-refractivity contribution in [3.05, 3.63) is 12.3 Å². The maximum atomic E-state index is 11.8. The van der Waals surface area contributed by atoms with Crippen LogP contribution in [0.4, 0.5) is 5.82 Å². The number of nitrogens with one attached hydrogen (secondary N) is 2. The number of nitrogens with zero attached hydrogens (tertiary/aromatic N) is 1. The Kier molecular flexibility index (Phi) is 5.35. The monoisotopic (exact) mass is 239 g/mol. The van der Waals surface area contributed by atoms with Crippen LogP contribution >= 0.6 is 0 Å². The molecule has 0 spiro atoms. The highest BCUT2D eigenvalue weighted by Gasteiger charge is 2.24. The van der Waals surface area contributed by atoms with Crippen molar-refractivity contribution < 1.29 is 14.1 Å². The van der Waals surface area contributed by atoms with Gasteiger partial charge >= 0.3 is 0 Å². The van der Waals surface area contributed by atoms with Crippen LogP contribution < -0.4 is 10.6 Å². The Bertz CT molecular complexity index is 356. The number of Topliss-reactive ketones (excluding diaryl/α,β-unsaturated/α-hetero) is 1. The number of hydrogen-bond acceptors (Lipinski definition) is 5. The molecular formula is C11H17N3O3. The summed E-state index contributed by atoms with van der Waals surface area (Å²) in [6.07, 6.45) is 2.80. The highest BCUT2D eigenvalue weighted by molar-refractivity contribution is 6.42. The second-order valence-electron chi connectivity index (χ2n) is 3.60. The lowest BCUT2D eigenvalue weighted by molar-refractivity contribution is -0.136. The van der Waals surface area contributed by atoms with Gasteiger partial charge < -0.3 is 15.2 Å². The van der Waals surface area contributed by atoms with Crippen LogP contribution in [0.1, 0.15) is 26.7 Å². The number of aromatic nitrogens is 1. The maximum Gasteiger partial charge on any atom is 0.294 e. The molecule has 0 aliphatic rings. The number of likely N-dealkylation sites (N-methyl/N-ethyl adjacent to an activating group) is 1. The van der Waals surface area contributed by atoms with E-state index in [1.807, 2.05) is 13.8 Å². The molecule has 0 saturated carbocycles. The fraction of sp³-hybridized carbons (Fsp3) is 0.545. The quantitative estimate of drug-likeness (QED) is 0.692. The predicted molar refractivity (Wildman–Crippen MR) is 62.5 cm³/mol. The lowest BCUT2D eigenvalue weighted by Crippen LogP contribution is -2.42. The first-order valence-electron chi connectivity index (χ1n) is 5.68. The summed E-state index contributed by atoms with van der Waals surface area (Å²) >= 11 is 0. The molecule has 94 valence electrons. The van der Waals surface area contributed by atoms with Crippen LogP contribution in [-0.2, 0) is 9.59 Å². The van der Waals surface area contributed by atoms with E-state index in [0.717, 1.165) is 6.42 Å². The molecule has 0 aromatic carbocycles. The van der Waals surface area contributed by atoms with Crippen molar-refractivity contribution >= 4 is 17.5 Å². The minimum Gasteiger partial charge on any atom is -0.363 e. The Morgan fingerprint density at radius 2 is 2.24 bits per heavy atom. The van der Waals surface area contributed by atoms with E-state index in [4.69, 9.17) is 0 Å². The SMILES string of the molecule is CCCC(NCC)C(=O)C(=O)Nc1ccon1. The normalized spacial score (nSPS) is 12.1. The van der Waals surface area contributed by atoms with Crippen molar-refractivity contribution in [3.8, 4) is 0 Å². The Labute approximate surface area is 99.7 Å². The van der Waals surface area contributed by atoms with Gasteiger partial charge in [-0.25, -0.2) is 0 Å². The Hall–Kier alpha value is -1.69. The topological polar surface area (TPSA) is 84.2 Å². The third kappa shape index (κ3) is 3.99. The van der Waals surface area contributed by atoms with E-state index in [-0.39, 0.29) is 5.82 Å². The van der Waals surface area contributed by atoms with Gasteiger partial charge in [-0.1, -0.05) is 25.4 Å². The van der Waals surface area contributed by atoms with Gasteiger partial charge in [-0.2, -0.15) is 0 Å². The predicted octanol–water partition coefficient (Wildman–Crippen LogP) is 0.960. The molecule has 1 heterocycles. The molecule has 6 nitrogen and oxygen atoms in total. The smallest absolute Gasteiger partial charge is 0.294 e. The summed E-state index contributed by atoms with van der Waals surface area (Å²) in [6, 6.07) is 1.05. The number of carbonyl (C=O) groups is 2. The van der Waals surface area contributed by atoms with Crippen LogP contribution in [0.25, 0.3) is 0 Å². The Morgan fingerprint density at radius 3 is 2.76 bits per heavy atom. The minimum atomic E-state index is -0.668. The van der Waals surface area contributed by atoms with E-state index in [2.05, 4.69) is 20.3 Å². The first-order chi connectivity index (χ1) is 8.19. The van der Waals surface area contributed by atoms with Crippen LogP contribution in [-0.4, -0.2) is 29.4 Å². The molecule has 1 aromatic heterocycles. The van der Waals surface area contributed by atoms with Gasteiger partial charge in [0.15, 0.2) is 5.82 Å². The van der Waals surface area contributed by atoms with Gasteiger partial charge in [-0.3, -0.25) is 9.59 Å². The highest BCUT2D eigenvalue weighted by Crippen LogP contribution is 2.04. The molecule has 2 N–H and O–H groups in total. The summed E-state index contributed by atoms with van der Waals surface area (Å²) in [5.74, 6) is -0.898.